The summed E-state index contributed by atoms with van der Waals surface area (Å²) in [6.45, 7) is 3.38. The lowest BCUT2D eigenvalue weighted by Crippen LogP contribution is -2.36. The van der Waals surface area contributed by atoms with Gasteiger partial charge < -0.3 is 20.1 Å². The molecule has 1 saturated carbocycles. The quantitative estimate of drug-likeness (QED) is 0.560. The van der Waals surface area contributed by atoms with E-state index in [0.29, 0.717) is 19.2 Å². The molecule has 2 N–H and O–H groups in total. The first-order chi connectivity index (χ1) is 13.2. The molecule has 0 spiro atoms. The Morgan fingerprint density at radius 1 is 1.22 bits per heavy atom. The Labute approximate surface area is 165 Å². The topological polar surface area (TPSA) is 67.8 Å². The van der Waals surface area contributed by atoms with E-state index in [1.807, 2.05) is 18.3 Å². The molecule has 7 heteroatoms. The first kappa shape index (κ1) is 19.5. The Hall–Kier alpha value is -2.28. The summed E-state index contributed by atoms with van der Waals surface area (Å²) in [5, 5.41) is 7.68. The van der Waals surface area contributed by atoms with Gasteiger partial charge in [-0.2, -0.15) is 0 Å². The molecule has 0 amide bonds. The lowest BCUT2D eigenvalue weighted by molar-refractivity contribution is 0.200. The Morgan fingerprint density at radius 3 is 2.67 bits per heavy atom. The molecule has 2 aromatic rings. The molecule has 1 aliphatic carbocycles. The third-order valence-corrected chi connectivity index (χ3v) is 5.50. The zero-order valence-electron chi connectivity index (χ0n) is 16.2. The zero-order chi connectivity index (χ0) is 19.1. The summed E-state index contributed by atoms with van der Waals surface area (Å²) in [6.07, 6.45) is 6.93. The van der Waals surface area contributed by atoms with Crippen molar-refractivity contribution in [3.8, 4) is 11.5 Å². The predicted molar refractivity (Wildman–Crippen MR) is 110 cm³/mol. The van der Waals surface area contributed by atoms with Gasteiger partial charge in [-0.15, -0.1) is 11.3 Å². The van der Waals surface area contributed by atoms with Crippen LogP contribution in [-0.4, -0.2) is 31.2 Å². The first-order valence-electron chi connectivity index (χ1n) is 9.37. The summed E-state index contributed by atoms with van der Waals surface area (Å²) in [5.41, 5.74) is 1.12. The standard InChI is InChI=1S/C20H28N4O2S/c1-14-11-22-19(27-14)13-24-20(21-2)23-12-15-8-9-17(25-3)18(10-15)26-16-6-4-5-7-16/h8-11,16H,4-7,12-13H2,1-3H3,(H2,21,23,24). The molecule has 1 heterocycles. The van der Waals surface area contributed by atoms with E-state index in [0.717, 1.165) is 40.9 Å². The van der Waals surface area contributed by atoms with E-state index in [1.54, 1.807) is 25.5 Å². The van der Waals surface area contributed by atoms with Crippen LogP contribution in [0, 0.1) is 6.92 Å². The number of guanidine groups is 1. The van der Waals surface area contributed by atoms with Gasteiger partial charge in [-0.3, -0.25) is 4.99 Å². The summed E-state index contributed by atoms with van der Waals surface area (Å²) in [4.78, 5) is 9.85. The van der Waals surface area contributed by atoms with Crippen molar-refractivity contribution in [2.24, 2.45) is 4.99 Å². The van der Waals surface area contributed by atoms with Gasteiger partial charge in [0.25, 0.3) is 0 Å². The number of nitrogens with one attached hydrogen (secondary N) is 2. The third-order valence-electron chi connectivity index (χ3n) is 4.58. The van der Waals surface area contributed by atoms with Gasteiger partial charge in [-0.25, -0.2) is 4.98 Å². The Bertz CT molecular complexity index is 769. The molecule has 1 aromatic heterocycles. The molecule has 3 rings (SSSR count). The Kier molecular flexibility index (Phi) is 6.92. The van der Waals surface area contributed by atoms with Gasteiger partial charge in [0.2, 0.25) is 0 Å². The monoisotopic (exact) mass is 388 g/mol. The van der Waals surface area contributed by atoms with Crippen LogP contribution in [0.15, 0.2) is 29.4 Å². The van der Waals surface area contributed by atoms with E-state index >= 15 is 0 Å². The summed E-state index contributed by atoms with van der Waals surface area (Å²) in [7, 11) is 3.45. The maximum absolute atomic E-state index is 6.17. The fraction of sp³-hybridized carbons (Fsp3) is 0.500. The van der Waals surface area contributed by atoms with Crippen molar-refractivity contribution in [2.75, 3.05) is 14.2 Å². The Balaban J connectivity index is 1.56. The molecule has 6 nitrogen and oxygen atoms in total. The normalized spacial score (nSPS) is 15.0. The van der Waals surface area contributed by atoms with E-state index in [-0.39, 0.29) is 0 Å². The van der Waals surface area contributed by atoms with Crippen LogP contribution < -0.4 is 20.1 Å². The third kappa shape index (κ3) is 5.60. The van der Waals surface area contributed by atoms with Crippen LogP contribution in [-0.2, 0) is 13.1 Å². The number of aliphatic imine (C=N–C) groups is 1. The van der Waals surface area contributed by atoms with Crippen molar-refractivity contribution >= 4 is 17.3 Å². The van der Waals surface area contributed by atoms with Gasteiger partial charge in [0, 0.05) is 24.7 Å². The maximum atomic E-state index is 6.17. The maximum Gasteiger partial charge on any atom is 0.191 e. The molecule has 0 bridgehead atoms. The number of methoxy groups -OCH3 is 1. The van der Waals surface area contributed by atoms with Gasteiger partial charge in [0.05, 0.1) is 19.8 Å². The predicted octanol–water partition coefficient (Wildman–Crippen LogP) is 3.65. The number of nitrogens with zero attached hydrogens (tertiary/aromatic N) is 2. The first-order valence-corrected chi connectivity index (χ1v) is 10.2. The molecule has 1 fully saturated rings. The smallest absolute Gasteiger partial charge is 0.191 e. The molecule has 1 aliphatic rings. The minimum Gasteiger partial charge on any atom is -0.493 e. The van der Waals surface area contributed by atoms with Gasteiger partial charge in [-0.05, 0) is 50.3 Å². The molecular weight excluding hydrogens is 360 g/mol. The van der Waals surface area contributed by atoms with E-state index in [9.17, 15) is 0 Å². The average molecular weight is 389 g/mol. The number of hydrogen-bond donors (Lipinski definition) is 2. The Morgan fingerprint density at radius 2 is 2.00 bits per heavy atom. The number of benzene rings is 1. The number of rotatable bonds is 7. The van der Waals surface area contributed by atoms with Crippen molar-refractivity contribution in [1.82, 2.24) is 15.6 Å². The summed E-state index contributed by atoms with van der Waals surface area (Å²) in [6, 6.07) is 6.07. The summed E-state index contributed by atoms with van der Waals surface area (Å²) >= 11 is 1.69. The molecule has 1 aromatic carbocycles. The molecule has 0 aliphatic heterocycles. The van der Waals surface area contributed by atoms with Gasteiger partial charge >= 0.3 is 0 Å². The SMILES string of the molecule is CN=C(NCc1ccc(OC)c(OC2CCCC2)c1)NCc1ncc(C)s1. The summed E-state index contributed by atoms with van der Waals surface area (Å²) in [5.74, 6) is 2.36. The number of hydrogen-bond acceptors (Lipinski definition) is 5. The van der Waals surface area contributed by atoms with Crippen molar-refractivity contribution in [1.29, 1.82) is 0 Å². The van der Waals surface area contributed by atoms with Crippen molar-refractivity contribution < 1.29 is 9.47 Å². The van der Waals surface area contributed by atoms with E-state index in [4.69, 9.17) is 9.47 Å². The largest absolute Gasteiger partial charge is 0.493 e. The second-order valence-electron chi connectivity index (χ2n) is 6.65. The highest BCUT2D eigenvalue weighted by molar-refractivity contribution is 7.11. The van der Waals surface area contributed by atoms with Gasteiger partial charge in [0.1, 0.15) is 5.01 Å². The molecule has 0 unspecified atom stereocenters. The zero-order valence-corrected chi connectivity index (χ0v) is 17.1. The van der Waals surface area contributed by atoms with E-state index < -0.39 is 0 Å². The van der Waals surface area contributed by atoms with Crippen molar-refractivity contribution in [3.63, 3.8) is 0 Å². The van der Waals surface area contributed by atoms with Crippen LogP contribution in [0.25, 0.3) is 0 Å². The number of thiazole rings is 1. The molecule has 27 heavy (non-hydrogen) atoms. The second-order valence-corrected chi connectivity index (χ2v) is 7.97. The number of aryl methyl sites for hydroxylation is 1. The van der Waals surface area contributed by atoms with Crippen LogP contribution in [0.1, 0.15) is 41.1 Å². The van der Waals surface area contributed by atoms with Crippen molar-refractivity contribution in [3.05, 3.63) is 39.8 Å². The summed E-state index contributed by atoms with van der Waals surface area (Å²) < 4.78 is 11.6. The minimum atomic E-state index is 0.304. The van der Waals surface area contributed by atoms with Gasteiger partial charge in [-0.1, -0.05) is 6.07 Å². The molecule has 0 radical (unpaired) electrons. The highest BCUT2D eigenvalue weighted by Gasteiger charge is 2.18. The van der Waals surface area contributed by atoms with E-state index in [1.165, 1.54) is 17.7 Å². The van der Waals surface area contributed by atoms with Crippen LogP contribution in [0.3, 0.4) is 0 Å². The minimum absolute atomic E-state index is 0.304. The lowest BCUT2D eigenvalue weighted by atomic mass is 10.2. The van der Waals surface area contributed by atoms with Crippen LogP contribution >= 0.6 is 11.3 Å². The van der Waals surface area contributed by atoms with Gasteiger partial charge in [0.15, 0.2) is 17.5 Å². The van der Waals surface area contributed by atoms with Crippen LogP contribution in [0.2, 0.25) is 0 Å². The fourth-order valence-corrected chi connectivity index (χ4v) is 3.88. The molecule has 0 saturated heterocycles. The fourth-order valence-electron chi connectivity index (χ4n) is 3.16. The highest BCUT2D eigenvalue weighted by atomic mass is 32.1. The van der Waals surface area contributed by atoms with Crippen LogP contribution in [0.4, 0.5) is 0 Å². The van der Waals surface area contributed by atoms with Crippen LogP contribution in [0.5, 0.6) is 11.5 Å². The lowest BCUT2D eigenvalue weighted by Gasteiger charge is -2.17. The van der Waals surface area contributed by atoms with E-state index in [2.05, 4.69) is 33.6 Å². The molecular formula is C20H28N4O2S. The molecule has 0 atom stereocenters. The number of aromatic nitrogens is 1. The number of ether oxygens (including phenoxy) is 2. The molecule has 146 valence electrons. The van der Waals surface area contributed by atoms with Crippen molar-refractivity contribution in [2.45, 2.75) is 51.8 Å². The highest BCUT2D eigenvalue weighted by Crippen LogP contribution is 2.32. The second kappa shape index (κ2) is 9.60. The average Bonchev–Trinajstić information content (AvgIpc) is 3.34.